The van der Waals surface area contributed by atoms with Gasteiger partial charge in [0.2, 0.25) is 0 Å². The van der Waals surface area contributed by atoms with Gasteiger partial charge in [-0.3, -0.25) is 4.40 Å². The van der Waals surface area contributed by atoms with Gasteiger partial charge < -0.3 is 17.7 Å². The Labute approximate surface area is 140 Å². The van der Waals surface area contributed by atoms with Crippen LogP contribution in [0.5, 0.6) is 0 Å². The van der Waals surface area contributed by atoms with Gasteiger partial charge >= 0.3 is 0 Å². The summed E-state index contributed by atoms with van der Waals surface area (Å²) in [6.07, 6.45) is 7.34. The largest absolute Gasteiger partial charge is 1.00 e. The van der Waals surface area contributed by atoms with Crippen LogP contribution >= 0.6 is 11.3 Å². The maximum atomic E-state index is 4.87. The molecule has 0 aliphatic heterocycles. The summed E-state index contributed by atoms with van der Waals surface area (Å²) < 4.78 is 2.19. The van der Waals surface area contributed by atoms with Gasteiger partial charge in [-0.25, -0.2) is 4.98 Å². The predicted molar refractivity (Wildman–Crippen MR) is 89.1 cm³/mol. The van der Waals surface area contributed by atoms with E-state index in [2.05, 4.69) is 52.5 Å². The Bertz CT molecular complexity index is 758. The van der Waals surface area contributed by atoms with Gasteiger partial charge in [-0.1, -0.05) is 18.9 Å². The number of aromatic nitrogens is 2. The molecule has 3 aromatic heterocycles. The van der Waals surface area contributed by atoms with E-state index in [4.69, 9.17) is 4.98 Å². The summed E-state index contributed by atoms with van der Waals surface area (Å²) in [5, 5.41) is 5.86. The Morgan fingerprint density at radius 1 is 1.27 bits per heavy atom. The minimum atomic E-state index is 0. The van der Waals surface area contributed by atoms with Crippen LogP contribution in [0.15, 0.2) is 35.8 Å². The fourth-order valence-electron chi connectivity index (χ4n) is 3.13. The Hall–Kier alpha value is -1.52. The van der Waals surface area contributed by atoms with E-state index >= 15 is 0 Å². The van der Waals surface area contributed by atoms with Crippen molar-refractivity contribution in [2.24, 2.45) is 0 Å². The third kappa shape index (κ3) is 2.73. The van der Waals surface area contributed by atoms with Gasteiger partial charge in [-0.15, -0.1) is 11.3 Å². The molecular formula is C17H19ClN3S-. The van der Waals surface area contributed by atoms with E-state index in [1.54, 1.807) is 11.3 Å². The fraction of sp³-hybridized carbons (Fsp3) is 0.353. The summed E-state index contributed by atoms with van der Waals surface area (Å²) in [4.78, 5) is 6.10. The molecular weight excluding hydrogens is 314 g/mol. The number of fused-ring (bicyclic) bond motifs is 1. The first-order valence-electron chi connectivity index (χ1n) is 7.60. The number of imidazole rings is 1. The number of aryl methyl sites for hydroxylation is 1. The second-order valence-corrected chi connectivity index (χ2v) is 6.79. The monoisotopic (exact) mass is 332 g/mol. The SMILES string of the molecule is Cc1ccn2c(NC3CCCC3)c(-c3cccs3)nc2c1.[Cl-]. The topological polar surface area (TPSA) is 29.3 Å². The third-order valence-electron chi connectivity index (χ3n) is 4.23. The molecule has 5 heteroatoms. The number of nitrogens with zero attached hydrogens (tertiary/aromatic N) is 2. The summed E-state index contributed by atoms with van der Waals surface area (Å²) in [7, 11) is 0. The van der Waals surface area contributed by atoms with Crippen LogP contribution < -0.4 is 17.7 Å². The first-order chi connectivity index (χ1) is 10.3. The summed E-state index contributed by atoms with van der Waals surface area (Å²) in [5.74, 6) is 1.15. The van der Waals surface area contributed by atoms with Gasteiger partial charge in [-0.05, 0) is 48.9 Å². The third-order valence-corrected chi connectivity index (χ3v) is 5.11. The molecule has 1 aliphatic carbocycles. The lowest BCUT2D eigenvalue weighted by molar-refractivity contribution is -0.00000431. The van der Waals surface area contributed by atoms with Crippen molar-refractivity contribution < 1.29 is 12.4 Å². The highest BCUT2D eigenvalue weighted by atomic mass is 35.5. The molecule has 3 nitrogen and oxygen atoms in total. The molecule has 1 aliphatic rings. The molecule has 0 bridgehead atoms. The molecule has 0 unspecified atom stereocenters. The van der Waals surface area contributed by atoms with Crippen molar-refractivity contribution in [1.29, 1.82) is 0 Å². The van der Waals surface area contributed by atoms with E-state index < -0.39 is 0 Å². The van der Waals surface area contributed by atoms with Crippen LogP contribution in [0, 0.1) is 6.92 Å². The minimum absolute atomic E-state index is 0. The molecule has 3 aromatic rings. The van der Waals surface area contributed by atoms with Crippen LogP contribution in [0.2, 0.25) is 0 Å². The first-order valence-corrected chi connectivity index (χ1v) is 8.48. The van der Waals surface area contributed by atoms with Gasteiger partial charge in [0.25, 0.3) is 0 Å². The Kier molecular flexibility index (Phi) is 4.41. The smallest absolute Gasteiger partial charge is 0.139 e. The second kappa shape index (κ2) is 6.31. The van der Waals surface area contributed by atoms with E-state index in [1.807, 2.05) is 0 Å². The standard InChI is InChI=1S/C17H19N3S.ClH/c1-12-8-9-20-15(11-12)19-16(14-7-4-10-21-14)17(20)18-13-5-2-3-6-13;/h4,7-11,13,18H,2-3,5-6H2,1H3;1H/p-1. The predicted octanol–water partition coefficient (Wildman–Crippen LogP) is 1.73. The highest BCUT2D eigenvalue weighted by Crippen LogP contribution is 2.34. The van der Waals surface area contributed by atoms with Crippen molar-refractivity contribution in [2.45, 2.75) is 38.6 Å². The van der Waals surface area contributed by atoms with Crippen molar-refractivity contribution in [1.82, 2.24) is 9.38 Å². The number of rotatable bonds is 3. The molecule has 0 aromatic carbocycles. The number of halogens is 1. The van der Waals surface area contributed by atoms with Crippen LogP contribution in [0.4, 0.5) is 5.82 Å². The van der Waals surface area contributed by atoms with E-state index in [9.17, 15) is 0 Å². The lowest BCUT2D eigenvalue weighted by Gasteiger charge is -2.14. The van der Waals surface area contributed by atoms with Crippen molar-refractivity contribution in [3.8, 4) is 10.6 Å². The quantitative estimate of drug-likeness (QED) is 0.791. The van der Waals surface area contributed by atoms with E-state index in [0.29, 0.717) is 6.04 Å². The number of thiophene rings is 1. The number of hydrogen-bond donors (Lipinski definition) is 1. The fourth-order valence-corrected chi connectivity index (χ4v) is 3.85. The maximum absolute atomic E-state index is 4.87. The van der Waals surface area contributed by atoms with Crippen LogP contribution in [0.3, 0.4) is 0 Å². The summed E-state index contributed by atoms with van der Waals surface area (Å²) in [5.41, 5.74) is 3.36. The molecule has 116 valence electrons. The molecule has 0 radical (unpaired) electrons. The normalized spacial score (nSPS) is 15.1. The summed E-state index contributed by atoms with van der Waals surface area (Å²) >= 11 is 1.75. The molecule has 0 amide bonds. The molecule has 3 heterocycles. The Morgan fingerprint density at radius 3 is 2.82 bits per heavy atom. The summed E-state index contributed by atoms with van der Waals surface area (Å²) in [6.45, 7) is 2.11. The number of pyridine rings is 1. The molecule has 0 atom stereocenters. The maximum Gasteiger partial charge on any atom is 0.139 e. The highest BCUT2D eigenvalue weighted by Gasteiger charge is 2.20. The van der Waals surface area contributed by atoms with Crippen molar-refractivity contribution >= 4 is 22.8 Å². The number of anilines is 1. The lowest BCUT2D eigenvalue weighted by atomic mass is 10.2. The van der Waals surface area contributed by atoms with E-state index in [1.165, 1.54) is 36.1 Å². The molecule has 0 spiro atoms. The van der Waals surface area contributed by atoms with Crippen molar-refractivity contribution in [2.75, 3.05) is 5.32 Å². The van der Waals surface area contributed by atoms with Crippen LogP contribution in [0.1, 0.15) is 31.2 Å². The zero-order valence-corrected chi connectivity index (χ0v) is 14.1. The Morgan fingerprint density at radius 2 is 2.09 bits per heavy atom. The second-order valence-electron chi connectivity index (χ2n) is 5.84. The van der Waals surface area contributed by atoms with Gasteiger partial charge in [0, 0.05) is 12.2 Å². The average Bonchev–Trinajstić information content (AvgIpc) is 3.19. The highest BCUT2D eigenvalue weighted by molar-refractivity contribution is 7.13. The first kappa shape index (κ1) is 15.4. The van der Waals surface area contributed by atoms with Gasteiger partial charge in [0.05, 0.1) is 4.88 Å². The molecule has 1 saturated carbocycles. The van der Waals surface area contributed by atoms with Crippen molar-refractivity contribution in [3.05, 3.63) is 41.4 Å². The summed E-state index contributed by atoms with van der Waals surface area (Å²) in [6, 6.07) is 9.13. The zero-order chi connectivity index (χ0) is 14.2. The lowest BCUT2D eigenvalue weighted by Crippen LogP contribution is -3.00. The molecule has 1 fully saturated rings. The molecule has 22 heavy (non-hydrogen) atoms. The van der Waals surface area contributed by atoms with Crippen LogP contribution in [-0.2, 0) is 0 Å². The van der Waals surface area contributed by atoms with Gasteiger partial charge in [0.15, 0.2) is 0 Å². The van der Waals surface area contributed by atoms with Crippen LogP contribution in [0.25, 0.3) is 16.2 Å². The van der Waals surface area contributed by atoms with Gasteiger partial charge in [-0.2, -0.15) is 0 Å². The minimum Gasteiger partial charge on any atom is -1.00 e. The van der Waals surface area contributed by atoms with E-state index in [0.717, 1.165) is 17.2 Å². The molecule has 0 saturated heterocycles. The van der Waals surface area contributed by atoms with Gasteiger partial charge in [0.1, 0.15) is 17.2 Å². The number of hydrogen-bond acceptors (Lipinski definition) is 3. The average molecular weight is 333 g/mol. The van der Waals surface area contributed by atoms with E-state index in [-0.39, 0.29) is 12.4 Å². The number of nitrogens with one attached hydrogen (secondary N) is 1. The molecule has 4 rings (SSSR count). The van der Waals surface area contributed by atoms with Crippen LogP contribution in [-0.4, -0.2) is 15.4 Å². The van der Waals surface area contributed by atoms with Crippen molar-refractivity contribution in [3.63, 3.8) is 0 Å². The Balaban J connectivity index is 0.00000144. The molecule has 1 N–H and O–H groups in total. The zero-order valence-electron chi connectivity index (χ0n) is 12.6.